The van der Waals surface area contributed by atoms with Crippen LogP contribution in [-0.4, -0.2) is 65.6 Å². The molecule has 1 saturated heterocycles. The Morgan fingerprint density at radius 2 is 1.96 bits per heavy atom. The van der Waals surface area contributed by atoms with Crippen molar-refractivity contribution in [2.45, 2.75) is 6.54 Å². The summed E-state index contributed by atoms with van der Waals surface area (Å²) in [7, 11) is 1.53. The molecule has 1 aliphatic rings. The molecule has 28 heavy (non-hydrogen) atoms. The van der Waals surface area contributed by atoms with Gasteiger partial charge in [0.25, 0.3) is 5.56 Å². The first-order valence-corrected chi connectivity index (χ1v) is 10.1. The van der Waals surface area contributed by atoms with E-state index in [-0.39, 0.29) is 18.1 Å². The molecule has 1 fully saturated rings. The number of aromatic nitrogens is 2. The highest BCUT2D eigenvalue weighted by Gasteiger charge is 2.22. The summed E-state index contributed by atoms with van der Waals surface area (Å²) in [5.41, 5.74) is 1.84. The monoisotopic (exact) mass is 398 g/mol. The van der Waals surface area contributed by atoms with Gasteiger partial charge in [-0.3, -0.25) is 14.5 Å². The molecule has 0 unspecified atom stereocenters. The number of carbonyl (C=O) groups is 1. The highest BCUT2D eigenvalue weighted by molar-refractivity contribution is 7.17. The number of thiophene rings is 1. The largest absolute Gasteiger partial charge is 0.375 e. The fourth-order valence-electron chi connectivity index (χ4n) is 3.48. The Morgan fingerprint density at radius 3 is 2.68 bits per heavy atom. The molecule has 146 valence electrons. The number of methoxy groups -OCH3 is 1. The van der Waals surface area contributed by atoms with Crippen LogP contribution in [0.4, 0.5) is 0 Å². The van der Waals surface area contributed by atoms with Gasteiger partial charge >= 0.3 is 0 Å². The van der Waals surface area contributed by atoms with Gasteiger partial charge in [-0.25, -0.2) is 4.98 Å². The first-order valence-electron chi connectivity index (χ1n) is 9.20. The lowest BCUT2D eigenvalue weighted by molar-refractivity contribution is -0.136. The van der Waals surface area contributed by atoms with Crippen LogP contribution in [0.3, 0.4) is 0 Å². The number of nitrogens with one attached hydrogen (secondary N) is 1. The van der Waals surface area contributed by atoms with Crippen molar-refractivity contribution in [3.05, 3.63) is 51.9 Å². The van der Waals surface area contributed by atoms with Crippen LogP contribution in [0.2, 0.25) is 0 Å². The van der Waals surface area contributed by atoms with Crippen LogP contribution in [-0.2, 0) is 16.1 Å². The van der Waals surface area contributed by atoms with Crippen LogP contribution in [0.1, 0.15) is 5.82 Å². The number of fused-ring (bicyclic) bond motifs is 1. The summed E-state index contributed by atoms with van der Waals surface area (Å²) in [4.78, 5) is 37.0. The van der Waals surface area contributed by atoms with Crippen LogP contribution in [0, 0.1) is 0 Å². The number of amides is 1. The van der Waals surface area contributed by atoms with Crippen LogP contribution in [0.5, 0.6) is 0 Å². The van der Waals surface area contributed by atoms with Crippen molar-refractivity contribution < 1.29 is 9.53 Å². The first kappa shape index (κ1) is 18.8. The van der Waals surface area contributed by atoms with E-state index in [1.807, 2.05) is 40.6 Å². The summed E-state index contributed by atoms with van der Waals surface area (Å²) in [5, 5.41) is 2.64. The molecule has 8 heteroatoms. The zero-order chi connectivity index (χ0) is 19.5. The Labute approximate surface area is 166 Å². The lowest BCUT2D eigenvalue weighted by Crippen LogP contribution is -2.49. The molecule has 2 aromatic heterocycles. The van der Waals surface area contributed by atoms with Gasteiger partial charge in [-0.05, 0) is 5.56 Å². The number of hydrogen-bond acceptors (Lipinski definition) is 6. The highest BCUT2D eigenvalue weighted by atomic mass is 32.1. The summed E-state index contributed by atoms with van der Waals surface area (Å²) in [6, 6.07) is 9.89. The number of nitrogens with zero attached hydrogens (tertiary/aromatic N) is 3. The second-order valence-corrected chi connectivity index (χ2v) is 7.66. The molecule has 1 aromatic carbocycles. The number of aromatic amines is 1. The van der Waals surface area contributed by atoms with Gasteiger partial charge in [0, 0.05) is 44.2 Å². The Hall–Kier alpha value is -2.55. The van der Waals surface area contributed by atoms with E-state index < -0.39 is 0 Å². The van der Waals surface area contributed by atoms with Gasteiger partial charge in [0.05, 0.1) is 11.9 Å². The number of piperazine rings is 1. The summed E-state index contributed by atoms with van der Waals surface area (Å²) >= 11 is 1.49. The van der Waals surface area contributed by atoms with Crippen LogP contribution in [0.15, 0.2) is 40.5 Å². The Morgan fingerprint density at radius 1 is 1.21 bits per heavy atom. The van der Waals surface area contributed by atoms with Gasteiger partial charge in [0.2, 0.25) is 5.91 Å². The van der Waals surface area contributed by atoms with Crippen molar-refractivity contribution in [3.63, 3.8) is 0 Å². The van der Waals surface area contributed by atoms with Crippen LogP contribution >= 0.6 is 11.3 Å². The highest BCUT2D eigenvalue weighted by Crippen LogP contribution is 2.30. The second-order valence-electron chi connectivity index (χ2n) is 6.80. The molecule has 3 aromatic rings. The van der Waals surface area contributed by atoms with Crippen molar-refractivity contribution in [2.75, 3.05) is 39.9 Å². The van der Waals surface area contributed by atoms with Gasteiger partial charge < -0.3 is 14.6 Å². The molecule has 7 nitrogen and oxygen atoms in total. The van der Waals surface area contributed by atoms with E-state index in [9.17, 15) is 9.59 Å². The van der Waals surface area contributed by atoms with Gasteiger partial charge in [-0.1, -0.05) is 30.3 Å². The van der Waals surface area contributed by atoms with Crippen molar-refractivity contribution in [1.82, 2.24) is 19.8 Å². The summed E-state index contributed by atoms with van der Waals surface area (Å²) in [6.07, 6.45) is 0. The minimum atomic E-state index is -0.103. The predicted molar refractivity (Wildman–Crippen MR) is 109 cm³/mol. The Kier molecular flexibility index (Phi) is 5.52. The molecule has 1 amide bonds. The van der Waals surface area contributed by atoms with Crippen LogP contribution < -0.4 is 5.56 Å². The average molecular weight is 398 g/mol. The third-order valence-corrected chi connectivity index (χ3v) is 5.82. The van der Waals surface area contributed by atoms with E-state index in [4.69, 9.17) is 4.74 Å². The van der Waals surface area contributed by atoms with Gasteiger partial charge in [0.1, 0.15) is 17.3 Å². The van der Waals surface area contributed by atoms with Gasteiger partial charge in [-0.2, -0.15) is 0 Å². The molecule has 0 radical (unpaired) electrons. The number of rotatable bonds is 5. The molecule has 3 heterocycles. The van der Waals surface area contributed by atoms with E-state index >= 15 is 0 Å². The van der Waals surface area contributed by atoms with E-state index in [1.165, 1.54) is 18.4 Å². The van der Waals surface area contributed by atoms with E-state index in [0.29, 0.717) is 30.8 Å². The predicted octanol–water partition coefficient (Wildman–Crippen LogP) is 1.94. The quantitative estimate of drug-likeness (QED) is 0.711. The average Bonchev–Trinajstić information content (AvgIpc) is 3.14. The van der Waals surface area contributed by atoms with Crippen molar-refractivity contribution >= 4 is 27.5 Å². The van der Waals surface area contributed by atoms with E-state index in [2.05, 4.69) is 14.9 Å². The van der Waals surface area contributed by atoms with Crippen molar-refractivity contribution in [2.24, 2.45) is 0 Å². The molecule has 0 bridgehead atoms. The minimum absolute atomic E-state index is 0.0159. The topological polar surface area (TPSA) is 78.5 Å². The smallest absolute Gasteiger partial charge is 0.260 e. The Balaban J connectivity index is 1.49. The number of hydrogen-bond donors (Lipinski definition) is 1. The number of H-pyrrole nitrogens is 1. The maximum atomic E-state index is 12.7. The molecule has 0 atom stereocenters. The standard InChI is InChI=1S/C20H22N4O3S/c1-27-12-17(25)24-9-7-23(8-10-24)11-16-21-19(26)18-15(13-28-20(18)22-16)14-5-3-2-4-6-14/h2-6,13H,7-12H2,1H3,(H,21,22,26). The van der Waals surface area contributed by atoms with Crippen molar-refractivity contribution in [1.29, 1.82) is 0 Å². The third kappa shape index (κ3) is 3.84. The molecule has 0 saturated carbocycles. The van der Waals surface area contributed by atoms with Gasteiger partial charge in [-0.15, -0.1) is 11.3 Å². The third-order valence-electron chi connectivity index (χ3n) is 4.94. The van der Waals surface area contributed by atoms with E-state index in [1.54, 1.807) is 0 Å². The van der Waals surface area contributed by atoms with E-state index in [0.717, 1.165) is 29.0 Å². The Bertz CT molecular complexity index is 1020. The van der Waals surface area contributed by atoms with Crippen LogP contribution in [0.25, 0.3) is 21.3 Å². The molecule has 1 N–H and O–H groups in total. The first-order chi connectivity index (χ1) is 13.7. The molecule has 0 spiro atoms. The molecule has 4 rings (SSSR count). The summed E-state index contributed by atoms with van der Waals surface area (Å²) in [5.74, 6) is 0.678. The number of ether oxygens (including phenoxy) is 1. The normalized spacial score (nSPS) is 15.2. The minimum Gasteiger partial charge on any atom is -0.375 e. The van der Waals surface area contributed by atoms with Gasteiger partial charge in [0.15, 0.2) is 0 Å². The lowest BCUT2D eigenvalue weighted by atomic mass is 10.1. The maximum absolute atomic E-state index is 12.7. The molecular weight excluding hydrogens is 376 g/mol. The number of carbonyl (C=O) groups excluding carboxylic acids is 1. The molecular formula is C20H22N4O3S. The fraction of sp³-hybridized carbons (Fsp3) is 0.350. The van der Waals surface area contributed by atoms with Crippen molar-refractivity contribution in [3.8, 4) is 11.1 Å². The maximum Gasteiger partial charge on any atom is 0.260 e. The lowest BCUT2D eigenvalue weighted by Gasteiger charge is -2.34. The SMILES string of the molecule is COCC(=O)N1CCN(Cc2nc3scc(-c4ccccc4)c3c(=O)[nH]2)CC1. The summed E-state index contributed by atoms with van der Waals surface area (Å²) < 4.78 is 4.91. The zero-order valence-electron chi connectivity index (χ0n) is 15.7. The second kappa shape index (κ2) is 8.22. The molecule has 1 aliphatic heterocycles. The fourth-order valence-corrected chi connectivity index (χ4v) is 4.45. The molecule has 0 aliphatic carbocycles. The number of benzene rings is 1. The zero-order valence-corrected chi connectivity index (χ0v) is 16.5. The summed E-state index contributed by atoms with van der Waals surface area (Å²) in [6.45, 7) is 3.50.